The summed E-state index contributed by atoms with van der Waals surface area (Å²) in [7, 11) is -3.60. The van der Waals surface area contributed by atoms with Crippen molar-refractivity contribution < 1.29 is 8.42 Å². The van der Waals surface area contributed by atoms with Gasteiger partial charge in [0.15, 0.2) is 4.21 Å². The molecule has 2 heterocycles. The molecule has 1 aromatic heterocycles. The highest BCUT2D eigenvalue weighted by atomic mass is 35.5. The molecule has 2 N–H and O–H groups in total. The van der Waals surface area contributed by atoms with Gasteiger partial charge in [-0.2, -0.15) is 0 Å². The van der Waals surface area contributed by atoms with E-state index in [9.17, 15) is 8.42 Å². The van der Waals surface area contributed by atoms with Crippen molar-refractivity contribution in [2.45, 2.75) is 50.8 Å². The molecule has 118 valence electrons. The molecule has 0 fully saturated rings. The monoisotopic (exact) mass is 349 g/mol. The predicted molar refractivity (Wildman–Crippen MR) is 88.9 cm³/mol. The van der Waals surface area contributed by atoms with Gasteiger partial charge in [-0.25, -0.2) is 18.1 Å². The van der Waals surface area contributed by atoms with E-state index in [0.29, 0.717) is 10.0 Å². The van der Waals surface area contributed by atoms with E-state index in [2.05, 4.69) is 35.8 Å². The van der Waals surface area contributed by atoms with Crippen molar-refractivity contribution in [1.82, 2.24) is 4.72 Å². The molecule has 0 spiro atoms. The number of aliphatic imine (C=N–C) groups is 1. The summed E-state index contributed by atoms with van der Waals surface area (Å²) < 4.78 is 27.5. The molecule has 0 amide bonds. The second-order valence-corrected chi connectivity index (χ2v) is 10.6. The number of nitrogens with one attached hydrogen (secondary N) is 2. The molecule has 0 atom stereocenters. The van der Waals surface area contributed by atoms with E-state index in [0.717, 1.165) is 17.8 Å². The van der Waals surface area contributed by atoms with Crippen molar-refractivity contribution >= 4 is 44.6 Å². The van der Waals surface area contributed by atoms with Gasteiger partial charge in [-0.3, -0.25) is 0 Å². The Morgan fingerprint density at radius 2 is 1.90 bits per heavy atom. The summed E-state index contributed by atoms with van der Waals surface area (Å²) in [6.45, 7) is 10.4. The van der Waals surface area contributed by atoms with E-state index < -0.39 is 10.0 Å². The standard InChI is InChI=1S/C13H20ClN3O2S2/c1-12(2,3)7-13(4,5)16-11-15-8-6-9(14)20-10(8)21(18,19)17-11/h6H,7H2,1-5H3,(H2,15,16,17). The first-order chi connectivity index (χ1) is 9.38. The second-order valence-electron chi connectivity index (χ2n) is 6.99. The molecule has 0 aromatic carbocycles. The first kappa shape index (κ1) is 16.6. The van der Waals surface area contributed by atoms with Crippen LogP contribution in [0.1, 0.15) is 41.0 Å². The van der Waals surface area contributed by atoms with Crippen LogP contribution in [-0.4, -0.2) is 19.9 Å². The number of halogens is 1. The summed E-state index contributed by atoms with van der Waals surface area (Å²) in [6, 6.07) is 1.60. The van der Waals surface area contributed by atoms with Gasteiger partial charge >= 0.3 is 0 Å². The third-order valence-corrected chi connectivity index (χ3v) is 5.91. The molecule has 1 aliphatic heterocycles. The Morgan fingerprint density at radius 3 is 2.48 bits per heavy atom. The molecule has 8 heteroatoms. The van der Waals surface area contributed by atoms with Gasteiger partial charge in [-0.15, -0.1) is 11.3 Å². The lowest BCUT2D eigenvalue weighted by molar-refractivity contribution is 0.288. The number of hydrogen-bond donors (Lipinski definition) is 2. The lowest BCUT2D eigenvalue weighted by Crippen LogP contribution is -2.42. The van der Waals surface area contributed by atoms with Crippen LogP contribution < -0.4 is 10.0 Å². The van der Waals surface area contributed by atoms with Crippen LogP contribution in [0.2, 0.25) is 4.34 Å². The Morgan fingerprint density at radius 1 is 1.29 bits per heavy atom. The van der Waals surface area contributed by atoms with Gasteiger partial charge in [0.25, 0.3) is 10.0 Å². The smallest absolute Gasteiger partial charge is 0.275 e. The first-order valence-electron chi connectivity index (χ1n) is 6.57. The summed E-state index contributed by atoms with van der Waals surface area (Å²) >= 11 is 6.92. The molecule has 1 aromatic rings. The van der Waals surface area contributed by atoms with Crippen molar-refractivity contribution in [3.8, 4) is 0 Å². The zero-order valence-corrected chi connectivity index (χ0v) is 15.1. The summed E-state index contributed by atoms with van der Waals surface area (Å²) in [5, 5.41) is 3.00. The summed E-state index contributed by atoms with van der Waals surface area (Å²) in [6.07, 6.45) is 0.824. The first-order valence-corrected chi connectivity index (χ1v) is 9.25. The topological polar surface area (TPSA) is 70.6 Å². The quantitative estimate of drug-likeness (QED) is 0.855. The minimum absolute atomic E-state index is 0.0952. The van der Waals surface area contributed by atoms with E-state index in [-0.39, 0.29) is 21.1 Å². The minimum Gasteiger partial charge on any atom is -0.324 e. The average Bonchev–Trinajstić information content (AvgIpc) is 2.53. The molecule has 2 rings (SSSR count). The highest BCUT2D eigenvalue weighted by Gasteiger charge is 2.32. The Bertz CT molecular complexity index is 685. The molecule has 1 aliphatic rings. The van der Waals surface area contributed by atoms with Crippen molar-refractivity contribution in [1.29, 1.82) is 0 Å². The second kappa shape index (κ2) is 5.14. The lowest BCUT2D eigenvalue weighted by atomic mass is 9.82. The van der Waals surface area contributed by atoms with Gasteiger partial charge in [0.2, 0.25) is 5.96 Å². The summed E-state index contributed by atoms with van der Waals surface area (Å²) in [5.41, 5.74) is 0.187. The Kier molecular flexibility index (Phi) is 4.06. The Labute approximate surface area is 134 Å². The molecule has 5 nitrogen and oxygen atoms in total. The van der Waals surface area contributed by atoms with Crippen molar-refractivity contribution in [2.75, 3.05) is 5.32 Å². The normalized spacial score (nSPS) is 19.8. The summed E-state index contributed by atoms with van der Waals surface area (Å²) in [4.78, 5) is 4.53. The third kappa shape index (κ3) is 4.11. The number of anilines is 1. The molecular formula is C13H20ClN3O2S2. The lowest BCUT2D eigenvalue weighted by Gasteiger charge is -2.30. The van der Waals surface area contributed by atoms with Gasteiger partial charge in [0.05, 0.1) is 15.6 Å². The van der Waals surface area contributed by atoms with Crippen LogP contribution in [0.15, 0.2) is 15.3 Å². The zero-order valence-electron chi connectivity index (χ0n) is 12.7. The minimum atomic E-state index is -3.60. The van der Waals surface area contributed by atoms with Crippen LogP contribution >= 0.6 is 22.9 Å². The molecule has 21 heavy (non-hydrogen) atoms. The highest BCUT2D eigenvalue weighted by molar-refractivity contribution is 7.92. The maximum absolute atomic E-state index is 12.2. The number of hydrogen-bond acceptors (Lipinski definition) is 4. The van der Waals surface area contributed by atoms with Crippen LogP contribution in [0.4, 0.5) is 5.69 Å². The predicted octanol–water partition coefficient (Wildman–Crippen LogP) is 3.68. The van der Waals surface area contributed by atoms with Crippen molar-refractivity contribution in [3.63, 3.8) is 0 Å². The fourth-order valence-electron chi connectivity index (χ4n) is 2.65. The van der Waals surface area contributed by atoms with E-state index in [4.69, 9.17) is 11.6 Å². The van der Waals surface area contributed by atoms with E-state index in [1.165, 1.54) is 0 Å². The Balaban J connectivity index is 2.34. The van der Waals surface area contributed by atoms with Gasteiger partial charge in [-0.05, 0) is 31.7 Å². The fourth-order valence-corrected chi connectivity index (χ4v) is 5.38. The maximum atomic E-state index is 12.2. The maximum Gasteiger partial charge on any atom is 0.275 e. The fraction of sp³-hybridized carbons (Fsp3) is 0.615. The molecule has 0 saturated heterocycles. The molecular weight excluding hydrogens is 330 g/mol. The number of fused-ring (bicyclic) bond motifs is 1. The van der Waals surface area contributed by atoms with Gasteiger partial charge in [0, 0.05) is 0 Å². The Hall–Kier alpha value is -0.790. The number of sulfonamides is 1. The van der Waals surface area contributed by atoms with Crippen LogP contribution in [0.3, 0.4) is 0 Å². The number of guanidine groups is 1. The number of nitrogens with zero attached hydrogens (tertiary/aromatic N) is 1. The van der Waals surface area contributed by atoms with Crippen molar-refractivity contribution in [2.24, 2.45) is 10.4 Å². The van der Waals surface area contributed by atoms with Crippen LogP contribution in [-0.2, 0) is 10.0 Å². The molecule has 0 radical (unpaired) electrons. The van der Waals surface area contributed by atoms with Crippen molar-refractivity contribution in [3.05, 3.63) is 10.4 Å². The zero-order chi connectivity index (χ0) is 16.1. The van der Waals surface area contributed by atoms with Gasteiger partial charge in [0.1, 0.15) is 0 Å². The molecule has 0 unspecified atom stereocenters. The largest absolute Gasteiger partial charge is 0.324 e. The van der Waals surface area contributed by atoms with E-state index in [1.807, 2.05) is 13.8 Å². The van der Waals surface area contributed by atoms with E-state index >= 15 is 0 Å². The molecule has 0 saturated carbocycles. The van der Waals surface area contributed by atoms with Crippen LogP contribution in [0.5, 0.6) is 0 Å². The number of rotatable bonds is 2. The van der Waals surface area contributed by atoms with Crippen LogP contribution in [0.25, 0.3) is 0 Å². The summed E-state index contributed by atoms with van der Waals surface area (Å²) in [5.74, 6) is 0.242. The van der Waals surface area contributed by atoms with Gasteiger partial charge < -0.3 is 5.32 Å². The van der Waals surface area contributed by atoms with Gasteiger partial charge in [-0.1, -0.05) is 32.4 Å². The third-order valence-electron chi connectivity index (χ3n) is 2.77. The van der Waals surface area contributed by atoms with E-state index in [1.54, 1.807) is 6.07 Å². The SMILES string of the molecule is CC(C)(C)CC(C)(C)N=C1Nc2cc(Cl)sc2S(=O)(=O)N1. The average molecular weight is 350 g/mol. The highest BCUT2D eigenvalue weighted by Crippen LogP contribution is 2.37. The van der Waals surface area contributed by atoms with Crippen LogP contribution in [0, 0.1) is 5.41 Å². The molecule has 0 bridgehead atoms. The number of thiophene rings is 1. The molecule has 0 aliphatic carbocycles.